The van der Waals surface area contributed by atoms with E-state index in [1.54, 1.807) is 31.2 Å². The Hall–Kier alpha value is -1.81. The molecule has 0 bridgehead atoms. The second kappa shape index (κ2) is 3.85. The molecule has 0 atom stereocenters. The number of aromatic hydroxyl groups is 1. The van der Waals surface area contributed by atoms with Crippen LogP contribution < -0.4 is 5.43 Å². The zero-order valence-corrected chi connectivity index (χ0v) is 11.1. The molecule has 0 saturated carbocycles. The van der Waals surface area contributed by atoms with E-state index in [-0.39, 0.29) is 11.2 Å². The lowest BCUT2D eigenvalue weighted by Crippen LogP contribution is -2.02. The fraction of sp³-hybridized carbons (Fsp3) is 0.0714. The van der Waals surface area contributed by atoms with Gasteiger partial charge < -0.3 is 9.52 Å². The van der Waals surface area contributed by atoms with Crippen molar-refractivity contribution in [1.82, 2.24) is 0 Å². The Morgan fingerprint density at radius 3 is 2.72 bits per heavy atom. The van der Waals surface area contributed by atoms with Crippen LogP contribution in [0, 0.1) is 6.92 Å². The van der Waals surface area contributed by atoms with Gasteiger partial charge in [0.15, 0.2) is 0 Å². The zero-order chi connectivity index (χ0) is 12.9. The van der Waals surface area contributed by atoms with E-state index >= 15 is 0 Å². The highest BCUT2D eigenvalue weighted by Crippen LogP contribution is 2.34. The Balaban J connectivity index is 2.65. The van der Waals surface area contributed by atoms with E-state index in [0.29, 0.717) is 32.0 Å². The van der Waals surface area contributed by atoms with Crippen molar-refractivity contribution in [2.24, 2.45) is 0 Å². The zero-order valence-electron chi connectivity index (χ0n) is 9.53. The fourth-order valence-electron chi connectivity index (χ4n) is 2.05. The maximum absolute atomic E-state index is 12.3. The van der Waals surface area contributed by atoms with Crippen LogP contribution >= 0.6 is 15.9 Å². The van der Waals surface area contributed by atoms with E-state index in [2.05, 4.69) is 15.9 Å². The van der Waals surface area contributed by atoms with Gasteiger partial charge in [0.05, 0.1) is 15.2 Å². The first kappa shape index (κ1) is 11.3. The molecule has 3 rings (SSSR count). The largest absolute Gasteiger partial charge is 0.506 e. The van der Waals surface area contributed by atoms with Crippen molar-refractivity contribution >= 4 is 37.9 Å². The van der Waals surface area contributed by atoms with Gasteiger partial charge in [-0.2, -0.15) is 0 Å². The first-order chi connectivity index (χ1) is 8.59. The number of phenols is 1. The molecule has 0 amide bonds. The van der Waals surface area contributed by atoms with Crippen molar-refractivity contribution in [2.45, 2.75) is 6.92 Å². The van der Waals surface area contributed by atoms with Crippen LogP contribution in [0.1, 0.15) is 5.56 Å². The van der Waals surface area contributed by atoms with Crippen LogP contribution in [0.25, 0.3) is 21.9 Å². The summed E-state index contributed by atoms with van der Waals surface area (Å²) >= 11 is 3.23. The first-order valence-electron chi connectivity index (χ1n) is 5.43. The molecule has 0 spiro atoms. The van der Waals surface area contributed by atoms with E-state index in [0.717, 1.165) is 0 Å². The number of phenolic OH excluding ortho intramolecular Hbond substituents is 1. The molecule has 0 aliphatic carbocycles. The Labute approximate surface area is 111 Å². The molecule has 4 heteroatoms. The quantitative estimate of drug-likeness (QED) is 0.644. The third-order valence-corrected chi connectivity index (χ3v) is 3.63. The lowest BCUT2D eigenvalue weighted by molar-refractivity contribution is 0.467. The van der Waals surface area contributed by atoms with E-state index in [9.17, 15) is 9.90 Å². The van der Waals surface area contributed by atoms with E-state index in [1.807, 2.05) is 6.07 Å². The highest BCUT2D eigenvalue weighted by atomic mass is 79.9. The van der Waals surface area contributed by atoms with Crippen molar-refractivity contribution in [3.8, 4) is 5.75 Å². The second-order valence-corrected chi connectivity index (χ2v) is 4.99. The minimum atomic E-state index is -0.0874. The van der Waals surface area contributed by atoms with E-state index in [1.165, 1.54) is 0 Å². The van der Waals surface area contributed by atoms with Gasteiger partial charge in [0.25, 0.3) is 0 Å². The topological polar surface area (TPSA) is 50.4 Å². The molecule has 0 fully saturated rings. The molecule has 2 aromatic carbocycles. The lowest BCUT2D eigenvalue weighted by atomic mass is 10.1. The summed E-state index contributed by atoms with van der Waals surface area (Å²) in [5.41, 5.74) is 1.43. The number of halogens is 1. The molecule has 3 nitrogen and oxygen atoms in total. The molecule has 0 radical (unpaired) electrons. The lowest BCUT2D eigenvalue weighted by Gasteiger charge is -2.07. The smallest absolute Gasteiger partial charge is 0.200 e. The maximum atomic E-state index is 12.3. The molecule has 0 saturated heterocycles. The van der Waals surface area contributed by atoms with Crippen LogP contribution in [-0.2, 0) is 0 Å². The van der Waals surface area contributed by atoms with Crippen molar-refractivity contribution in [3.05, 3.63) is 50.6 Å². The van der Waals surface area contributed by atoms with E-state index < -0.39 is 0 Å². The van der Waals surface area contributed by atoms with Crippen molar-refractivity contribution in [2.75, 3.05) is 0 Å². The Morgan fingerprint density at radius 1 is 1.22 bits per heavy atom. The predicted molar refractivity (Wildman–Crippen MR) is 74.1 cm³/mol. The molecule has 1 N–H and O–H groups in total. The summed E-state index contributed by atoms with van der Waals surface area (Å²) < 4.78 is 6.21. The third kappa shape index (κ3) is 1.46. The van der Waals surface area contributed by atoms with Gasteiger partial charge in [0.2, 0.25) is 5.43 Å². The average Bonchev–Trinajstić information content (AvgIpc) is 2.38. The molecular weight excluding hydrogens is 296 g/mol. The number of aryl methyl sites for hydroxylation is 1. The standard InChI is InChI=1S/C14H9BrO3/c1-7-12(16)10(15)6-9-13(17)8-4-2-3-5-11(8)18-14(7)9/h2-6,16H,1H3. The first-order valence-corrected chi connectivity index (χ1v) is 6.22. The normalized spacial score (nSPS) is 11.2. The monoisotopic (exact) mass is 304 g/mol. The van der Waals surface area contributed by atoms with Crippen LogP contribution in [0.3, 0.4) is 0 Å². The van der Waals surface area contributed by atoms with Gasteiger partial charge in [-0.3, -0.25) is 4.79 Å². The molecule has 18 heavy (non-hydrogen) atoms. The highest BCUT2D eigenvalue weighted by Gasteiger charge is 2.14. The average molecular weight is 305 g/mol. The van der Waals surface area contributed by atoms with Gasteiger partial charge in [-0.25, -0.2) is 0 Å². The Morgan fingerprint density at radius 2 is 1.94 bits per heavy atom. The van der Waals surface area contributed by atoms with Crippen LogP contribution in [0.15, 0.2) is 44.0 Å². The van der Waals surface area contributed by atoms with Crippen molar-refractivity contribution in [1.29, 1.82) is 0 Å². The SMILES string of the molecule is Cc1c(O)c(Br)cc2c(=O)c3ccccc3oc12. The summed E-state index contributed by atoms with van der Waals surface area (Å²) in [5, 5.41) is 10.9. The second-order valence-electron chi connectivity index (χ2n) is 4.14. The minimum absolute atomic E-state index is 0.0874. The minimum Gasteiger partial charge on any atom is -0.506 e. The van der Waals surface area contributed by atoms with Gasteiger partial charge in [0.1, 0.15) is 16.9 Å². The number of benzene rings is 2. The molecule has 0 unspecified atom stereocenters. The summed E-state index contributed by atoms with van der Waals surface area (Å²) in [5.74, 6) is 0.0981. The van der Waals surface area contributed by atoms with Crippen molar-refractivity contribution in [3.63, 3.8) is 0 Å². The van der Waals surface area contributed by atoms with Crippen LogP contribution in [0.2, 0.25) is 0 Å². The van der Waals surface area contributed by atoms with Crippen LogP contribution in [0.4, 0.5) is 0 Å². The number of hydrogen-bond acceptors (Lipinski definition) is 3. The molecular formula is C14H9BrO3. The third-order valence-electron chi connectivity index (χ3n) is 3.03. The molecule has 0 aliphatic rings. The van der Waals surface area contributed by atoms with Gasteiger partial charge in [-0.15, -0.1) is 0 Å². The van der Waals surface area contributed by atoms with Gasteiger partial charge in [-0.05, 0) is 41.1 Å². The molecule has 1 aromatic heterocycles. The molecule has 1 heterocycles. The summed E-state index contributed by atoms with van der Waals surface area (Å²) in [6.07, 6.45) is 0. The maximum Gasteiger partial charge on any atom is 0.200 e. The number of para-hydroxylation sites is 1. The summed E-state index contributed by atoms with van der Waals surface area (Å²) in [6, 6.07) is 8.68. The van der Waals surface area contributed by atoms with Gasteiger partial charge in [-0.1, -0.05) is 12.1 Å². The van der Waals surface area contributed by atoms with E-state index in [4.69, 9.17) is 4.42 Å². The number of fused-ring (bicyclic) bond motifs is 2. The molecule has 0 aliphatic heterocycles. The Kier molecular flexibility index (Phi) is 2.41. The van der Waals surface area contributed by atoms with Gasteiger partial charge in [0, 0.05) is 5.56 Å². The molecule has 90 valence electrons. The van der Waals surface area contributed by atoms with Crippen molar-refractivity contribution < 1.29 is 9.52 Å². The van der Waals surface area contributed by atoms with Crippen LogP contribution in [0.5, 0.6) is 5.75 Å². The molecule has 3 aromatic rings. The summed E-state index contributed by atoms with van der Waals surface area (Å²) in [7, 11) is 0. The number of hydrogen-bond donors (Lipinski definition) is 1. The van der Waals surface area contributed by atoms with Crippen LogP contribution in [-0.4, -0.2) is 5.11 Å². The predicted octanol–water partition coefficient (Wildman–Crippen LogP) is 3.72. The van der Waals surface area contributed by atoms with Gasteiger partial charge >= 0.3 is 0 Å². The summed E-state index contributed by atoms with van der Waals surface area (Å²) in [6.45, 7) is 1.72. The fourth-order valence-corrected chi connectivity index (χ4v) is 2.57. The highest BCUT2D eigenvalue weighted by molar-refractivity contribution is 9.10. The summed E-state index contributed by atoms with van der Waals surface area (Å²) in [4.78, 5) is 12.3. The Bertz CT molecular complexity index is 834. The number of rotatable bonds is 0.